The molecule has 7 nitrogen and oxygen atoms in total. The Morgan fingerprint density at radius 3 is 2.39 bits per heavy atom. The number of nitrogens with zero attached hydrogens (tertiary/aromatic N) is 5. The summed E-state index contributed by atoms with van der Waals surface area (Å²) >= 11 is 0. The van der Waals surface area contributed by atoms with E-state index in [1.807, 2.05) is 30.1 Å². The maximum Gasteiger partial charge on any atom is 0.244 e. The summed E-state index contributed by atoms with van der Waals surface area (Å²) in [4.78, 5) is 32.4. The molecule has 2 amide bonds. The summed E-state index contributed by atoms with van der Waals surface area (Å²) in [5.41, 5.74) is 3.51. The number of benzene rings is 1. The lowest BCUT2D eigenvalue weighted by Crippen LogP contribution is -2.47. The van der Waals surface area contributed by atoms with Crippen LogP contribution in [0, 0.1) is 5.82 Å². The third kappa shape index (κ3) is 5.45. The quantitative estimate of drug-likeness (QED) is 0.580. The minimum absolute atomic E-state index is 0.00339. The molecule has 1 aromatic carbocycles. The summed E-state index contributed by atoms with van der Waals surface area (Å²) in [5.74, 6) is -0.229. The minimum Gasteiger partial charge on any atom is -0.343 e. The number of hydrogen-bond acceptors (Lipinski definition) is 4. The van der Waals surface area contributed by atoms with Crippen LogP contribution in [0.5, 0.6) is 0 Å². The van der Waals surface area contributed by atoms with Gasteiger partial charge in [-0.2, -0.15) is 5.10 Å². The highest BCUT2D eigenvalue weighted by Crippen LogP contribution is 2.22. The van der Waals surface area contributed by atoms with Crippen LogP contribution in [0.3, 0.4) is 0 Å². The van der Waals surface area contributed by atoms with Crippen LogP contribution in [0.1, 0.15) is 31.0 Å². The molecule has 1 aliphatic heterocycles. The molecule has 1 saturated heterocycles. The molecule has 1 fully saturated rings. The van der Waals surface area contributed by atoms with Crippen molar-refractivity contribution in [2.45, 2.75) is 38.8 Å². The van der Waals surface area contributed by atoms with Gasteiger partial charge in [0.05, 0.1) is 5.69 Å². The fraction of sp³-hybridized carbons (Fsp3) is 0.360. The summed E-state index contributed by atoms with van der Waals surface area (Å²) in [6.45, 7) is 2.94. The van der Waals surface area contributed by atoms with Crippen molar-refractivity contribution in [1.82, 2.24) is 24.6 Å². The van der Waals surface area contributed by atoms with Gasteiger partial charge in [0.1, 0.15) is 12.4 Å². The minimum atomic E-state index is -0.279. The monoisotopic (exact) mass is 449 g/mol. The van der Waals surface area contributed by atoms with E-state index < -0.39 is 0 Å². The SMILES string of the molecule is CC(=O)N(C)C1CCN(C(=O)Cn2nc(-c3ccncc3)cc2Cc2ccc(F)cc2)CC1. The molecule has 33 heavy (non-hydrogen) atoms. The van der Waals surface area contributed by atoms with Crippen molar-refractivity contribution in [2.24, 2.45) is 0 Å². The maximum absolute atomic E-state index is 13.3. The molecule has 0 spiro atoms. The lowest BCUT2D eigenvalue weighted by atomic mass is 10.0. The van der Waals surface area contributed by atoms with Crippen LogP contribution < -0.4 is 0 Å². The molecule has 0 atom stereocenters. The van der Waals surface area contributed by atoms with E-state index in [1.165, 1.54) is 12.1 Å². The number of pyridine rings is 1. The Morgan fingerprint density at radius 1 is 1.09 bits per heavy atom. The molecular weight excluding hydrogens is 421 g/mol. The van der Waals surface area contributed by atoms with E-state index in [1.54, 1.807) is 41.0 Å². The van der Waals surface area contributed by atoms with Gasteiger partial charge in [-0.3, -0.25) is 19.3 Å². The van der Waals surface area contributed by atoms with Crippen molar-refractivity contribution in [3.63, 3.8) is 0 Å². The standard InChI is InChI=1S/C25H28FN5O2/c1-18(32)29(2)22-9-13-30(14-10-22)25(33)17-31-23(15-19-3-5-21(26)6-4-19)16-24(28-31)20-7-11-27-12-8-20/h3-8,11-12,16,22H,9-10,13-15,17H2,1-2H3. The Morgan fingerprint density at radius 2 is 1.76 bits per heavy atom. The predicted octanol–water partition coefficient (Wildman–Crippen LogP) is 3.14. The molecule has 8 heteroatoms. The van der Waals surface area contributed by atoms with Crippen molar-refractivity contribution in [2.75, 3.05) is 20.1 Å². The number of carbonyl (C=O) groups excluding carboxylic acids is 2. The lowest BCUT2D eigenvalue weighted by Gasteiger charge is -2.36. The lowest BCUT2D eigenvalue weighted by molar-refractivity contribution is -0.135. The molecule has 0 N–H and O–H groups in total. The number of amides is 2. The topological polar surface area (TPSA) is 71.3 Å². The Bertz CT molecular complexity index is 1110. The number of carbonyl (C=O) groups is 2. The third-order valence-corrected chi connectivity index (χ3v) is 6.28. The van der Waals surface area contributed by atoms with Gasteiger partial charge in [0.25, 0.3) is 0 Å². The molecule has 1 aliphatic rings. The summed E-state index contributed by atoms with van der Waals surface area (Å²) in [6.07, 6.45) is 5.50. The second kappa shape index (κ2) is 9.94. The van der Waals surface area contributed by atoms with Crippen molar-refractivity contribution in [3.8, 4) is 11.3 Å². The molecule has 2 aromatic heterocycles. The average molecular weight is 450 g/mol. The maximum atomic E-state index is 13.3. The summed E-state index contributed by atoms with van der Waals surface area (Å²) in [5, 5.41) is 4.71. The Hall–Kier alpha value is -3.55. The zero-order valence-electron chi connectivity index (χ0n) is 18.9. The largest absolute Gasteiger partial charge is 0.343 e. The Labute approximate surface area is 192 Å². The molecule has 0 saturated carbocycles. The molecule has 0 aliphatic carbocycles. The van der Waals surface area contributed by atoms with Crippen LogP contribution in [-0.4, -0.2) is 62.6 Å². The summed E-state index contributed by atoms with van der Waals surface area (Å²) < 4.78 is 15.1. The molecular formula is C25H28FN5O2. The van der Waals surface area contributed by atoms with Crippen molar-refractivity contribution >= 4 is 11.8 Å². The molecule has 3 aromatic rings. The smallest absolute Gasteiger partial charge is 0.244 e. The highest BCUT2D eigenvalue weighted by atomic mass is 19.1. The number of hydrogen-bond donors (Lipinski definition) is 0. The second-order valence-electron chi connectivity index (χ2n) is 8.46. The fourth-order valence-corrected chi connectivity index (χ4v) is 4.20. The van der Waals surface area contributed by atoms with E-state index in [4.69, 9.17) is 5.10 Å². The van der Waals surface area contributed by atoms with Gasteiger partial charge in [-0.15, -0.1) is 0 Å². The van der Waals surface area contributed by atoms with Gasteiger partial charge in [0.15, 0.2) is 0 Å². The van der Waals surface area contributed by atoms with E-state index in [0.29, 0.717) is 19.5 Å². The Kier molecular flexibility index (Phi) is 6.82. The van der Waals surface area contributed by atoms with Gasteiger partial charge < -0.3 is 9.80 Å². The van der Waals surface area contributed by atoms with Gasteiger partial charge in [0, 0.05) is 63.2 Å². The van der Waals surface area contributed by atoms with Crippen LogP contribution in [-0.2, 0) is 22.6 Å². The molecule has 0 bridgehead atoms. The van der Waals surface area contributed by atoms with Crippen LogP contribution in [0.2, 0.25) is 0 Å². The summed E-state index contributed by atoms with van der Waals surface area (Å²) in [7, 11) is 1.82. The van der Waals surface area contributed by atoms with Gasteiger partial charge >= 0.3 is 0 Å². The first-order chi connectivity index (χ1) is 15.9. The molecule has 4 rings (SSSR count). The van der Waals surface area contributed by atoms with Crippen LogP contribution in [0.25, 0.3) is 11.3 Å². The van der Waals surface area contributed by atoms with Crippen LogP contribution >= 0.6 is 0 Å². The number of aromatic nitrogens is 3. The highest BCUT2D eigenvalue weighted by Gasteiger charge is 2.27. The fourth-order valence-electron chi connectivity index (χ4n) is 4.20. The Balaban J connectivity index is 1.51. The summed E-state index contributed by atoms with van der Waals surface area (Å²) in [6, 6.07) is 12.3. The van der Waals surface area contributed by atoms with E-state index in [0.717, 1.165) is 35.4 Å². The van der Waals surface area contributed by atoms with E-state index in [2.05, 4.69) is 4.98 Å². The molecule has 0 radical (unpaired) electrons. The zero-order chi connectivity index (χ0) is 23.4. The van der Waals surface area contributed by atoms with E-state index >= 15 is 0 Å². The molecule has 3 heterocycles. The number of likely N-dealkylation sites (tertiary alicyclic amines) is 1. The first-order valence-electron chi connectivity index (χ1n) is 11.1. The number of halogens is 1. The molecule has 172 valence electrons. The van der Waals surface area contributed by atoms with E-state index in [9.17, 15) is 14.0 Å². The van der Waals surface area contributed by atoms with Crippen molar-refractivity contribution in [3.05, 3.63) is 71.9 Å². The van der Waals surface area contributed by atoms with E-state index in [-0.39, 0.29) is 30.2 Å². The third-order valence-electron chi connectivity index (χ3n) is 6.28. The van der Waals surface area contributed by atoms with Gasteiger partial charge in [0.2, 0.25) is 11.8 Å². The average Bonchev–Trinajstić information content (AvgIpc) is 3.22. The highest BCUT2D eigenvalue weighted by molar-refractivity contribution is 5.76. The van der Waals surface area contributed by atoms with Gasteiger partial charge in [-0.1, -0.05) is 12.1 Å². The van der Waals surface area contributed by atoms with Gasteiger partial charge in [-0.05, 0) is 48.7 Å². The molecule has 0 unspecified atom stereocenters. The second-order valence-corrected chi connectivity index (χ2v) is 8.46. The number of piperidine rings is 1. The van der Waals surface area contributed by atoms with Gasteiger partial charge in [-0.25, -0.2) is 4.39 Å². The first-order valence-corrected chi connectivity index (χ1v) is 11.1. The van der Waals surface area contributed by atoms with Crippen molar-refractivity contribution in [1.29, 1.82) is 0 Å². The zero-order valence-corrected chi connectivity index (χ0v) is 18.9. The predicted molar refractivity (Wildman–Crippen MR) is 123 cm³/mol. The number of rotatable bonds is 6. The van der Waals surface area contributed by atoms with Crippen molar-refractivity contribution < 1.29 is 14.0 Å². The van der Waals surface area contributed by atoms with Crippen LogP contribution in [0.4, 0.5) is 4.39 Å². The normalized spacial score (nSPS) is 14.3. The van der Waals surface area contributed by atoms with Crippen LogP contribution in [0.15, 0.2) is 54.9 Å². The first kappa shape index (κ1) is 22.6.